The SMILES string of the molecule is N/C(Br)=C(/C(=O)O)N(N)Cc1ccc(Cl)cc1. The summed E-state index contributed by atoms with van der Waals surface area (Å²) >= 11 is 8.64. The Morgan fingerprint density at radius 1 is 1.41 bits per heavy atom. The van der Waals surface area contributed by atoms with Crippen LogP contribution in [0, 0.1) is 0 Å². The van der Waals surface area contributed by atoms with Crippen molar-refractivity contribution in [3.05, 3.63) is 45.2 Å². The maximum absolute atomic E-state index is 10.9. The van der Waals surface area contributed by atoms with Gasteiger partial charge in [-0.3, -0.25) is 5.01 Å². The zero-order valence-corrected chi connectivity index (χ0v) is 11.1. The molecule has 0 radical (unpaired) electrons. The lowest BCUT2D eigenvalue weighted by Gasteiger charge is -2.19. The molecule has 0 atom stereocenters. The highest BCUT2D eigenvalue weighted by molar-refractivity contribution is 9.11. The highest BCUT2D eigenvalue weighted by Gasteiger charge is 2.17. The summed E-state index contributed by atoms with van der Waals surface area (Å²) in [5, 5.41) is 10.6. The van der Waals surface area contributed by atoms with Crippen LogP contribution in [-0.2, 0) is 11.3 Å². The normalized spacial score (nSPS) is 11.9. The minimum absolute atomic E-state index is 0.0264. The van der Waals surface area contributed by atoms with Gasteiger partial charge in [0.1, 0.15) is 4.61 Å². The van der Waals surface area contributed by atoms with E-state index in [9.17, 15) is 4.79 Å². The summed E-state index contributed by atoms with van der Waals surface area (Å²) in [7, 11) is 0. The second-order valence-corrected chi connectivity index (χ2v) is 4.55. The second kappa shape index (κ2) is 5.90. The number of hydrazine groups is 1. The smallest absolute Gasteiger partial charge is 0.356 e. The number of carbonyl (C=O) groups is 1. The van der Waals surface area contributed by atoms with Crippen molar-refractivity contribution in [2.75, 3.05) is 0 Å². The Morgan fingerprint density at radius 3 is 2.35 bits per heavy atom. The van der Waals surface area contributed by atoms with E-state index in [2.05, 4.69) is 15.9 Å². The third-order valence-corrected chi connectivity index (χ3v) is 2.61. The number of benzene rings is 1. The van der Waals surface area contributed by atoms with Crippen molar-refractivity contribution in [2.45, 2.75) is 6.54 Å². The molecule has 0 aliphatic rings. The number of halogens is 2. The van der Waals surface area contributed by atoms with Crippen LogP contribution in [0.3, 0.4) is 0 Å². The quantitative estimate of drug-likeness (QED) is 0.339. The molecular formula is C10H11BrClN3O2. The van der Waals surface area contributed by atoms with Crippen LogP contribution in [0.4, 0.5) is 0 Å². The van der Waals surface area contributed by atoms with Crippen LogP contribution in [0.5, 0.6) is 0 Å². The fourth-order valence-electron chi connectivity index (χ4n) is 1.23. The Kier molecular flexibility index (Phi) is 4.80. The number of hydrogen-bond acceptors (Lipinski definition) is 4. The van der Waals surface area contributed by atoms with Crippen LogP contribution in [-0.4, -0.2) is 16.1 Å². The lowest BCUT2D eigenvalue weighted by atomic mass is 10.2. The molecule has 7 heteroatoms. The molecule has 1 rings (SSSR count). The summed E-state index contributed by atoms with van der Waals surface area (Å²) in [5.74, 6) is 4.44. The molecule has 0 heterocycles. The zero-order chi connectivity index (χ0) is 13.0. The number of rotatable bonds is 4. The van der Waals surface area contributed by atoms with E-state index >= 15 is 0 Å². The highest BCUT2D eigenvalue weighted by Crippen LogP contribution is 2.14. The number of nitrogens with zero attached hydrogens (tertiary/aromatic N) is 1. The molecule has 0 bridgehead atoms. The molecule has 1 aromatic rings. The molecule has 0 amide bonds. The van der Waals surface area contributed by atoms with E-state index in [1.165, 1.54) is 0 Å². The van der Waals surface area contributed by atoms with E-state index in [-0.39, 0.29) is 16.8 Å². The molecule has 0 unspecified atom stereocenters. The summed E-state index contributed by atoms with van der Waals surface area (Å²) in [6.45, 7) is 0.213. The van der Waals surface area contributed by atoms with Crippen LogP contribution in [0.2, 0.25) is 5.02 Å². The lowest BCUT2D eigenvalue weighted by Crippen LogP contribution is -2.35. The van der Waals surface area contributed by atoms with Gasteiger partial charge in [-0.15, -0.1) is 0 Å². The molecule has 0 saturated carbocycles. The van der Waals surface area contributed by atoms with Gasteiger partial charge in [-0.05, 0) is 33.6 Å². The highest BCUT2D eigenvalue weighted by atomic mass is 79.9. The first kappa shape index (κ1) is 13.8. The number of hydrogen-bond donors (Lipinski definition) is 3. The molecule has 5 nitrogen and oxygen atoms in total. The summed E-state index contributed by atoms with van der Waals surface area (Å²) in [6.07, 6.45) is 0. The van der Waals surface area contributed by atoms with E-state index in [0.717, 1.165) is 10.6 Å². The van der Waals surface area contributed by atoms with Crippen molar-refractivity contribution in [3.8, 4) is 0 Å². The molecular weight excluding hydrogens is 309 g/mol. The van der Waals surface area contributed by atoms with Crippen LogP contribution >= 0.6 is 27.5 Å². The van der Waals surface area contributed by atoms with Crippen LogP contribution < -0.4 is 11.6 Å². The average molecular weight is 321 g/mol. The van der Waals surface area contributed by atoms with Gasteiger partial charge in [0.25, 0.3) is 0 Å². The van der Waals surface area contributed by atoms with E-state index < -0.39 is 5.97 Å². The molecule has 0 spiro atoms. The van der Waals surface area contributed by atoms with Crippen LogP contribution in [0.25, 0.3) is 0 Å². The second-order valence-electron chi connectivity index (χ2n) is 3.26. The van der Waals surface area contributed by atoms with Crippen molar-refractivity contribution in [1.82, 2.24) is 5.01 Å². The summed E-state index contributed by atoms with van der Waals surface area (Å²) in [6, 6.07) is 6.91. The first-order chi connectivity index (χ1) is 7.91. The van der Waals surface area contributed by atoms with Crippen molar-refractivity contribution < 1.29 is 9.90 Å². The Balaban J connectivity index is 2.85. The molecule has 1 aromatic carbocycles. The predicted molar refractivity (Wildman–Crippen MR) is 69.0 cm³/mol. The van der Waals surface area contributed by atoms with Gasteiger partial charge >= 0.3 is 5.97 Å². The minimum atomic E-state index is -1.20. The van der Waals surface area contributed by atoms with Gasteiger partial charge in [0.2, 0.25) is 0 Å². The Labute approximate surface area is 112 Å². The van der Waals surface area contributed by atoms with Gasteiger partial charge in [0.15, 0.2) is 5.70 Å². The Bertz CT molecular complexity index is 443. The monoisotopic (exact) mass is 319 g/mol. The third-order valence-electron chi connectivity index (χ3n) is 1.98. The van der Waals surface area contributed by atoms with Gasteiger partial charge in [0.05, 0.1) is 6.54 Å². The number of nitrogens with two attached hydrogens (primary N) is 2. The van der Waals surface area contributed by atoms with Gasteiger partial charge in [-0.2, -0.15) is 0 Å². The summed E-state index contributed by atoms with van der Waals surface area (Å²) in [4.78, 5) is 10.9. The minimum Gasteiger partial charge on any atom is -0.476 e. The fraction of sp³-hybridized carbons (Fsp3) is 0.100. The van der Waals surface area contributed by atoms with Crippen molar-refractivity contribution in [1.29, 1.82) is 0 Å². The van der Waals surface area contributed by atoms with E-state index in [4.69, 9.17) is 28.3 Å². The van der Waals surface area contributed by atoms with Gasteiger partial charge in [-0.1, -0.05) is 23.7 Å². The largest absolute Gasteiger partial charge is 0.476 e. The Morgan fingerprint density at radius 2 is 1.94 bits per heavy atom. The van der Waals surface area contributed by atoms with E-state index in [1.54, 1.807) is 24.3 Å². The number of carboxylic acid groups (broad SMARTS) is 1. The first-order valence-corrected chi connectivity index (χ1v) is 5.74. The molecule has 0 fully saturated rings. The average Bonchev–Trinajstić information content (AvgIpc) is 2.20. The molecule has 17 heavy (non-hydrogen) atoms. The molecule has 0 aliphatic carbocycles. The van der Waals surface area contributed by atoms with Crippen LogP contribution in [0.15, 0.2) is 34.6 Å². The third kappa shape index (κ3) is 3.92. The van der Waals surface area contributed by atoms with Crippen LogP contribution in [0.1, 0.15) is 5.56 Å². The van der Waals surface area contributed by atoms with E-state index in [0.29, 0.717) is 5.02 Å². The van der Waals surface area contributed by atoms with E-state index in [1.807, 2.05) is 0 Å². The molecule has 0 saturated heterocycles. The molecule has 0 aromatic heterocycles. The maximum atomic E-state index is 10.9. The van der Waals surface area contributed by atoms with Gasteiger partial charge in [0, 0.05) is 5.02 Å². The Hall–Kier alpha value is -1.24. The predicted octanol–water partition coefficient (Wildman–Crippen LogP) is 1.62. The summed E-state index contributed by atoms with van der Waals surface area (Å²) < 4.78 is -0.0264. The first-order valence-electron chi connectivity index (χ1n) is 4.57. The van der Waals surface area contributed by atoms with Crippen molar-refractivity contribution in [2.24, 2.45) is 11.6 Å². The number of aliphatic carboxylic acids is 1. The van der Waals surface area contributed by atoms with Crippen molar-refractivity contribution in [3.63, 3.8) is 0 Å². The fourth-order valence-corrected chi connectivity index (χ4v) is 1.75. The lowest BCUT2D eigenvalue weighted by molar-refractivity contribution is -0.134. The van der Waals surface area contributed by atoms with Gasteiger partial charge < -0.3 is 10.8 Å². The van der Waals surface area contributed by atoms with Gasteiger partial charge in [-0.25, -0.2) is 10.6 Å². The molecule has 5 N–H and O–H groups in total. The van der Waals surface area contributed by atoms with Crippen molar-refractivity contribution >= 4 is 33.5 Å². The zero-order valence-electron chi connectivity index (χ0n) is 8.73. The summed E-state index contributed by atoms with van der Waals surface area (Å²) in [5.41, 5.74) is 6.02. The standard InChI is InChI=1S/C10H11BrClN3O2/c11-9(13)8(10(16)17)15(14)5-6-1-3-7(12)4-2-6/h1-4H,5,13-14H2,(H,16,17)/b9-8-. The molecule has 92 valence electrons. The maximum Gasteiger partial charge on any atom is 0.356 e. The number of carboxylic acids is 1. The molecule has 0 aliphatic heterocycles. The topological polar surface area (TPSA) is 92.6 Å².